The van der Waals surface area contributed by atoms with Gasteiger partial charge < -0.3 is 10.6 Å². The van der Waals surface area contributed by atoms with Crippen molar-refractivity contribution in [3.05, 3.63) is 0 Å². The highest BCUT2D eigenvalue weighted by atomic mass is 16.2. The summed E-state index contributed by atoms with van der Waals surface area (Å²) >= 11 is 0. The molecule has 4 atom stereocenters. The van der Waals surface area contributed by atoms with E-state index in [2.05, 4.69) is 18.7 Å². The maximum absolute atomic E-state index is 12.7. The molecule has 2 fully saturated rings. The number of likely N-dealkylation sites (tertiary alicyclic amines) is 1. The van der Waals surface area contributed by atoms with Crippen LogP contribution in [0.25, 0.3) is 0 Å². The van der Waals surface area contributed by atoms with E-state index in [1.807, 2.05) is 0 Å². The summed E-state index contributed by atoms with van der Waals surface area (Å²) in [5.41, 5.74) is 6.06. The molecule has 1 aliphatic heterocycles. The van der Waals surface area contributed by atoms with Gasteiger partial charge in [0.25, 0.3) is 0 Å². The number of rotatable bonds is 2. The second kappa shape index (κ2) is 6.74. The van der Waals surface area contributed by atoms with Crippen LogP contribution in [0.3, 0.4) is 0 Å². The van der Waals surface area contributed by atoms with Crippen LogP contribution in [-0.2, 0) is 4.79 Å². The van der Waals surface area contributed by atoms with Gasteiger partial charge in [-0.25, -0.2) is 0 Å². The zero-order valence-corrected chi connectivity index (χ0v) is 12.6. The van der Waals surface area contributed by atoms with Gasteiger partial charge >= 0.3 is 0 Å². The molecule has 3 heteroatoms. The van der Waals surface area contributed by atoms with Crippen molar-refractivity contribution >= 4 is 5.91 Å². The van der Waals surface area contributed by atoms with Crippen LogP contribution in [-0.4, -0.2) is 29.9 Å². The molecule has 0 aromatic heterocycles. The number of carbonyl (C=O) groups excluding carboxylic acids is 1. The van der Waals surface area contributed by atoms with Crippen molar-refractivity contribution in [3.63, 3.8) is 0 Å². The Morgan fingerprint density at radius 2 is 2.00 bits per heavy atom. The van der Waals surface area contributed by atoms with Crippen molar-refractivity contribution in [1.29, 1.82) is 0 Å². The van der Waals surface area contributed by atoms with E-state index in [1.54, 1.807) is 0 Å². The van der Waals surface area contributed by atoms with Crippen molar-refractivity contribution in [1.82, 2.24) is 4.90 Å². The first-order valence-corrected chi connectivity index (χ1v) is 8.16. The fourth-order valence-electron chi connectivity index (χ4n) is 3.73. The van der Waals surface area contributed by atoms with Crippen LogP contribution >= 0.6 is 0 Å². The van der Waals surface area contributed by atoms with E-state index in [-0.39, 0.29) is 12.0 Å². The SMILES string of the molecule is CCC1CCCN(C(=O)C2CC(N)CCC2C)CC1. The first-order chi connectivity index (χ1) is 9.11. The van der Waals surface area contributed by atoms with Crippen molar-refractivity contribution in [2.45, 2.75) is 64.8 Å². The lowest BCUT2D eigenvalue weighted by molar-refractivity contribution is -0.138. The van der Waals surface area contributed by atoms with Crippen LogP contribution in [0.1, 0.15) is 58.8 Å². The number of nitrogens with two attached hydrogens (primary N) is 1. The Kier molecular flexibility index (Phi) is 5.26. The fourth-order valence-corrected chi connectivity index (χ4v) is 3.73. The molecule has 0 radical (unpaired) electrons. The lowest BCUT2D eigenvalue weighted by Crippen LogP contribution is -2.44. The minimum Gasteiger partial charge on any atom is -0.342 e. The average molecular weight is 266 g/mol. The maximum atomic E-state index is 12.7. The molecular formula is C16H30N2O. The fraction of sp³-hybridized carbons (Fsp3) is 0.938. The van der Waals surface area contributed by atoms with Crippen LogP contribution in [0.4, 0.5) is 0 Å². The Morgan fingerprint density at radius 3 is 2.74 bits per heavy atom. The summed E-state index contributed by atoms with van der Waals surface area (Å²) in [5, 5.41) is 0. The summed E-state index contributed by atoms with van der Waals surface area (Å²) in [6.45, 7) is 6.43. The van der Waals surface area contributed by atoms with E-state index in [0.29, 0.717) is 11.8 Å². The van der Waals surface area contributed by atoms with Gasteiger partial charge in [0.1, 0.15) is 0 Å². The van der Waals surface area contributed by atoms with E-state index in [0.717, 1.165) is 38.3 Å². The Balaban J connectivity index is 1.94. The summed E-state index contributed by atoms with van der Waals surface area (Å²) < 4.78 is 0. The summed E-state index contributed by atoms with van der Waals surface area (Å²) in [4.78, 5) is 14.9. The topological polar surface area (TPSA) is 46.3 Å². The van der Waals surface area contributed by atoms with Crippen LogP contribution in [0, 0.1) is 17.8 Å². The van der Waals surface area contributed by atoms with Gasteiger partial charge in [-0.05, 0) is 50.4 Å². The van der Waals surface area contributed by atoms with Crippen LogP contribution in [0.15, 0.2) is 0 Å². The third-order valence-corrected chi connectivity index (χ3v) is 5.29. The van der Waals surface area contributed by atoms with E-state index < -0.39 is 0 Å². The zero-order valence-electron chi connectivity index (χ0n) is 12.6. The molecule has 1 saturated heterocycles. The van der Waals surface area contributed by atoms with Gasteiger partial charge in [0.15, 0.2) is 0 Å². The number of hydrogen-bond acceptors (Lipinski definition) is 2. The molecule has 4 unspecified atom stereocenters. The van der Waals surface area contributed by atoms with Crippen molar-refractivity contribution in [2.24, 2.45) is 23.5 Å². The minimum atomic E-state index is 0.182. The molecule has 0 spiro atoms. The second-order valence-corrected chi connectivity index (χ2v) is 6.69. The molecule has 1 saturated carbocycles. The summed E-state index contributed by atoms with van der Waals surface area (Å²) in [7, 11) is 0. The molecule has 0 bridgehead atoms. The van der Waals surface area contributed by atoms with Crippen LogP contribution < -0.4 is 5.73 Å². The molecule has 1 aliphatic carbocycles. The standard InChI is InChI=1S/C16H30N2O/c1-3-13-5-4-9-18(10-8-13)16(19)15-11-14(17)7-6-12(15)2/h12-15H,3-11,17H2,1-2H3. The molecular weight excluding hydrogens is 236 g/mol. The average Bonchev–Trinajstić information content (AvgIpc) is 2.66. The Morgan fingerprint density at radius 1 is 1.21 bits per heavy atom. The minimum absolute atomic E-state index is 0.182. The molecule has 19 heavy (non-hydrogen) atoms. The van der Waals surface area contributed by atoms with E-state index >= 15 is 0 Å². The Hall–Kier alpha value is -0.570. The predicted octanol–water partition coefficient (Wildman–Crippen LogP) is 2.79. The third kappa shape index (κ3) is 3.71. The molecule has 2 rings (SSSR count). The molecule has 1 amide bonds. The first-order valence-electron chi connectivity index (χ1n) is 8.16. The van der Waals surface area contributed by atoms with Gasteiger partial charge in [0.2, 0.25) is 5.91 Å². The number of amides is 1. The summed E-state index contributed by atoms with van der Waals surface area (Å²) in [6, 6.07) is 0.237. The number of nitrogens with zero attached hydrogens (tertiary/aromatic N) is 1. The maximum Gasteiger partial charge on any atom is 0.226 e. The lowest BCUT2D eigenvalue weighted by Gasteiger charge is -2.35. The van der Waals surface area contributed by atoms with Gasteiger partial charge in [-0.1, -0.05) is 20.3 Å². The quantitative estimate of drug-likeness (QED) is 0.835. The van der Waals surface area contributed by atoms with E-state index in [9.17, 15) is 4.79 Å². The summed E-state index contributed by atoms with van der Waals surface area (Å²) in [5.74, 6) is 1.91. The van der Waals surface area contributed by atoms with Crippen molar-refractivity contribution in [3.8, 4) is 0 Å². The van der Waals surface area contributed by atoms with Crippen LogP contribution in [0.2, 0.25) is 0 Å². The Bertz CT molecular complexity index is 305. The van der Waals surface area contributed by atoms with E-state index in [4.69, 9.17) is 5.73 Å². The Labute approximate surface area is 117 Å². The summed E-state index contributed by atoms with van der Waals surface area (Å²) in [6.07, 6.45) is 8.01. The molecule has 0 aromatic rings. The first kappa shape index (κ1) is 14.8. The van der Waals surface area contributed by atoms with Crippen LogP contribution in [0.5, 0.6) is 0 Å². The van der Waals surface area contributed by atoms with Gasteiger partial charge in [-0.15, -0.1) is 0 Å². The second-order valence-electron chi connectivity index (χ2n) is 6.69. The molecule has 0 aromatic carbocycles. The highest BCUT2D eigenvalue weighted by molar-refractivity contribution is 5.79. The largest absolute Gasteiger partial charge is 0.342 e. The zero-order chi connectivity index (χ0) is 13.8. The molecule has 1 heterocycles. The highest BCUT2D eigenvalue weighted by Crippen LogP contribution is 2.31. The molecule has 3 nitrogen and oxygen atoms in total. The van der Waals surface area contributed by atoms with Gasteiger partial charge in [0, 0.05) is 25.0 Å². The normalized spacial score (nSPS) is 36.9. The molecule has 110 valence electrons. The van der Waals surface area contributed by atoms with Gasteiger partial charge in [0.05, 0.1) is 0 Å². The van der Waals surface area contributed by atoms with Gasteiger partial charge in [-0.3, -0.25) is 4.79 Å². The number of carbonyl (C=O) groups is 1. The predicted molar refractivity (Wildman–Crippen MR) is 78.7 cm³/mol. The smallest absolute Gasteiger partial charge is 0.226 e. The molecule has 2 N–H and O–H groups in total. The van der Waals surface area contributed by atoms with Gasteiger partial charge in [-0.2, -0.15) is 0 Å². The highest BCUT2D eigenvalue weighted by Gasteiger charge is 2.34. The lowest BCUT2D eigenvalue weighted by atomic mass is 9.77. The van der Waals surface area contributed by atoms with Crippen molar-refractivity contribution < 1.29 is 4.79 Å². The number of hydrogen-bond donors (Lipinski definition) is 1. The van der Waals surface area contributed by atoms with E-state index in [1.165, 1.54) is 25.7 Å². The monoisotopic (exact) mass is 266 g/mol. The third-order valence-electron chi connectivity index (χ3n) is 5.29. The molecule has 2 aliphatic rings. The van der Waals surface area contributed by atoms with Crippen molar-refractivity contribution in [2.75, 3.05) is 13.1 Å².